The van der Waals surface area contributed by atoms with Crippen molar-refractivity contribution >= 4 is 16.8 Å². The molecule has 2 aliphatic rings. The smallest absolute Gasteiger partial charge is 0.270 e. The van der Waals surface area contributed by atoms with Crippen molar-refractivity contribution in [1.82, 2.24) is 14.8 Å². The molecule has 1 aromatic carbocycles. The Kier molecular flexibility index (Phi) is 4.39. The van der Waals surface area contributed by atoms with Gasteiger partial charge in [0.25, 0.3) is 5.91 Å². The lowest BCUT2D eigenvalue weighted by Crippen LogP contribution is -2.47. The van der Waals surface area contributed by atoms with Crippen LogP contribution in [0.3, 0.4) is 0 Å². The van der Waals surface area contributed by atoms with Gasteiger partial charge < -0.3 is 19.4 Å². The van der Waals surface area contributed by atoms with E-state index in [2.05, 4.69) is 16.8 Å². The summed E-state index contributed by atoms with van der Waals surface area (Å²) in [4.78, 5) is 20.7. The first-order valence-electron chi connectivity index (χ1n) is 8.93. The van der Waals surface area contributed by atoms with E-state index in [1.54, 1.807) is 7.11 Å². The molecule has 4 rings (SSSR count). The number of amides is 1. The second-order valence-electron chi connectivity index (χ2n) is 7.04. The Morgan fingerprint density at radius 2 is 2.04 bits per heavy atom. The molecule has 0 radical (unpaired) electrons. The first-order chi connectivity index (χ1) is 12.2. The van der Waals surface area contributed by atoms with Crippen molar-refractivity contribution in [2.24, 2.45) is 5.92 Å². The summed E-state index contributed by atoms with van der Waals surface area (Å²) in [6.45, 7) is 7.34. The van der Waals surface area contributed by atoms with Crippen LogP contribution in [-0.2, 0) is 4.74 Å². The molecule has 0 unspecified atom stereocenters. The second-order valence-corrected chi connectivity index (χ2v) is 7.04. The Balaban J connectivity index is 1.51. The summed E-state index contributed by atoms with van der Waals surface area (Å²) < 4.78 is 10.7. The summed E-state index contributed by atoms with van der Waals surface area (Å²) in [5.74, 6) is 1.35. The molecule has 2 saturated heterocycles. The number of aromatic nitrogens is 1. The molecule has 25 heavy (non-hydrogen) atoms. The summed E-state index contributed by atoms with van der Waals surface area (Å²) in [5.41, 5.74) is 1.58. The molecule has 1 aromatic heterocycles. The summed E-state index contributed by atoms with van der Waals surface area (Å²) in [5, 5.41) is 1.03. The van der Waals surface area contributed by atoms with Gasteiger partial charge in [0, 0.05) is 49.2 Å². The van der Waals surface area contributed by atoms with E-state index in [-0.39, 0.29) is 5.91 Å². The Bertz CT molecular complexity index is 766. The quantitative estimate of drug-likeness (QED) is 0.926. The lowest BCUT2D eigenvalue weighted by Gasteiger charge is -2.33. The molecule has 2 aromatic rings. The SMILES string of the molecule is COc1ccc2cc(C(=O)N3C[C@@H](C)[C@H](N4CCOCC4)C3)[nH]c2c1. The van der Waals surface area contributed by atoms with E-state index in [0.717, 1.165) is 56.0 Å². The van der Waals surface area contributed by atoms with Crippen LogP contribution in [0.15, 0.2) is 24.3 Å². The number of rotatable bonds is 3. The molecule has 1 N–H and O–H groups in total. The molecule has 134 valence electrons. The van der Waals surface area contributed by atoms with E-state index in [1.807, 2.05) is 29.2 Å². The summed E-state index contributed by atoms with van der Waals surface area (Å²) in [6.07, 6.45) is 0. The maximum Gasteiger partial charge on any atom is 0.270 e. The number of benzene rings is 1. The maximum atomic E-state index is 13.0. The molecule has 0 aliphatic carbocycles. The fourth-order valence-corrected chi connectivity index (χ4v) is 4.02. The average Bonchev–Trinajstić information content (AvgIpc) is 3.24. The van der Waals surface area contributed by atoms with E-state index in [4.69, 9.17) is 9.47 Å². The molecule has 6 nitrogen and oxygen atoms in total. The second kappa shape index (κ2) is 6.69. The molecule has 0 bridgehead atoms. The summed E-state index contributed by atoms with van der Waals surface area (Å²) in [7, 11) is 1.65. The lowest BCUT2D eigenvalue weighted by molar-refractivity contribution is 0.0119. The van der Waals surface area contributed by atoms with Crippen molar-refractivity contribution in [2.45, 2.75) is 13.0 Å². The zero-order valence-corrected chi connectivity index (χ0v) is 14.8. The highest BCUT2D eigenvalue weighted by molar-refractivity contribution is 5.98. The van der Waals surface area contributed by atoms with Gasteiger partial charge in [-0.3, -0.25) is 9.69 Å². The number of aromatic amines is 1. The molecule has 2 aliphatic heterocycles. The van der Waals surface area contributed by atoms with Crippen LogP contribution in [0.1, 0.15) is 17.4 Å². The Hall–Kier alpha value is -2.05. The van der Waals surface area contributed by atoms with Gasteiger partial charge in [-0.05, 0) is 24.1 Å². The van der Waals surface area contributed by atoms with Crippen molar-refractivity contribution in [1.29, 1.82) is 0 Å². The number of nitrogens with one attached hydrogen (secondary N) is 1. The van der Waals surface area contributed by atoms with Gasteiger partial charge >= 0.3 is 0 Å². The molecule has 2 atom stereocenters. The zero-order valence-electron chi connectivity index (χ0n) is 14.8. The molecule has 6 heteroatoms. The van der Waals surface area contributed by atoms with Crippen LogP contribution in [0.25, 0.3) is 10.9 Å². The van der Waals surface area contributed by atoms with Crippen LogP contribution < -0.4 is 4.74 Å². The van der Waals surface area contributed by atoms with Crippen molar-refractivity contribution in [3.8, 4) is 5.75 Å². The Labute approximate surface area is 147 Å². The minimum Gasteiger partial charge on any atom is -0.497 e. The predicted molar refractivity (Wildman–Crippen MR) is 96.1 cm³/mol. The molecule has 0 spiro atoms. The third-order valence-electron chi connectivity index (χ3n) is 5.43. The average molecular weight is 343 g/mol. The highest BCUT2D eigenvalue weighted by atomic mass is 16.5. The number of hydrogen-bond donors (Lipinski definition) is 1. The monoisotopic (exact) mass is 343 g/mol. The summed E-state index contributed by atoms with van der Waals surface area (Å²) in [6, 6.07) is 8.18. The van der Waals surface area contributed by atoms with Crippen molar-refractivity contribution in [3.05, 3.63) is 30.0 Å². The zero-order chi connectivity index (χ0) is 17.4. The van der Waals surface area contributed by atoms with Gasteiger partial charge in [-0.25, -0.2) is 0 Å². The van der Waals surface area contributed by atoms with E-state index in [9.17, 15) is 4.79 Å². The van der Waals surface area contributed by atoms with Crippen LogP contribution in [0, 0.1) is 5.92 Å². The topological polar surface area (TPSA) is 57.8 Å². The highest BCUT2D eigenvalue weighted by Gasteiger charge is 2.37. The molecule has 2 fully saturated rings. The highest BCUT2D eigenvalue weighted by Crippen LogP contribution is 2.26. The first-order valence-corrected chi connectivity index (χ1v) is 8.93. The normalized spacial score (nSPS) is 24.8. The van der Waals surface area contributed by atoms with Crippen molar-refractivity contribution < 1.29 is 14.3 Å². The minimum atomic E-state index is 0.0813. The van der Waals surface area contributed by atoms with E-state index >= 15 is 0 Å². The predicted octanol–water partition coefficient (Wildman–Crippen LogP) is 1.97. The Morgan fingerprint density at radius 3 is 2.80 bits per heavy atom. The fourth-order valence-electron chi connectivity index (χ4n) is 4.02. The molecule has 1 amide bonds. The van der Waals surface area contributed by atoms with E-state index in [1.165, 1.54) is 0 Å². The Morgan fingerprint density at radius 1 is 1.24 bits per heavy atom. The van der Waals surface area contributed by atoms with Gasteiger partial charge in [0.2, 0.25) is 0 Å². The van der Waals surface area contributed by atoms with Gasteiger partial charge in [0.15, 0.2) is 0 Å². The van der Waals surface area contributed by atoms with Gasteiger partial charge in [0.1, 0.15) is 11.4 Å². The third kappa shape index (κ3) is 3.12. The number of methoxy groups -OCH3 is 1. The largest absolute Gasteiger partial charge is 0.497 e. The molecular weight excluding hydrogens is 318 g/mol. The number of likely N-dealkylation sites (tertiary alicyclic amines) is 1. The van der Waals surface area contributed by atoms with Crippen molar-refractivity contribution in [3.63, 3.8) is 0 Å². The van der Waals surface area contributed by atoms with Crippen LogP contribution >= 0.6 is 0 Å². The van der Waals surface area contributed by atoms with Crippen LogP contribution in [0.2, 0.25) is 0 Å². The summed E-state index contributed by atoms with van der Waals surface area (Å²) >= 11 is 0. The molecule has 3 heterocycles. The molecular formula is C19H25N3O3. The number of carbonyl (C=O) groups is 1. The van der Waals surface area contributed by atoms with Gasteiger partial charge in [-0.1, -0.05) is 6.92 Å². The maximum absolute atomic E-state index is 13.0. The lowest BCUT2D eigenvalue weighted by atomic mass is 10.0. The fraction of sp³-hybridized carbons (Fsp3) is 0.526. The van der Waals surface area contributed by atoms with Crippen LogP contribution in [-0.4, -0.2) is 73.2 Å². The standard InChI is InChI=1S/C19H25N3O3/c1-13-11-22(12-18(13)21-5-7-25-8-6-21)19(23)17-9-14-3-4-15(24-2)10-16(14)20-17/h3-4,9-10,13,18,20H,5-8,11-12H2,1-2H3/t13-,18-/m1/s1. The van der Waals surface area contributed by atoms with Crippen molar-refractivity contribution in [2.75, 3.05) is 46.5 Å². The number of H-pyrrole nitrogens is 1. The van der Waals surface area contributed by atoms with Gasteiger partial charge in [-0.2, -0.15) is 0 Å². The number of carbonyl (C=O) groups excluding carboxylic acids is 1. The number of nitrogens with zero attached hydrogens (tertiary/aromatic N) is 2. The number of fused-ring (bicyclic) bond motifs is 1. The van der Waals surface area contributed by atoms with Gasteiger partial charge in [-0.15, -0.1) is 0 Å². The molecule has 0 saturated carbocycles. The number of morpholine rings is 1. The number of hydrogen-bond acceptors (Lipinski definition) is 4. The minimum absolute atomic E-state index is 0.0813. The van der Waals surface area contributed by atoms with Gasteiger partial charge in [0.05, 0.1) is 20.3 Å². The van der Waals surface area contributed by atoms with Crippen LogP contribution in [0.4, 0.5) is 0 Å². The first kappa shape index (κ1) is 16.4. The van der Waals surface area contributed by atoms with E-state index in [0.29, 0.717) is 17.7 Å². The van der Waals surface area contributed by atoms with Crippen LogP contribution in [0.5, 0.6) is 5.75 Å². The van der Waals surface area contributed by atoms with E-state index < -0.39 is 0 Å². The number of ether oxygens (including phenoxy) is 2. The third-order valence-corrected chi connectivity index (χ3v) is 5.43.